The molecule has 0 radical (unpaired) electrons. The first-order valence-corrected chi connectivity index (χ1v) is 16.1. The molecule has 34 heavy (non-hydrogen) atoms. The van der Waals surface area contributed by atoms with E-state index < -0.39 is 13.3 Å². The van der Waals surface area contributed by atoms with Crippen LogP contribution in [0, 0.1) is 0 Å². The van der Waals surface area contributed by atoms with Gasteiger partial charge >= 0.3 is 8.03 Å². The van der Waals surface area contributed by atoms with Crippen LogP contribution in [0.3, 0.4) is 0 Å². The SMILES string of the molecule is CCCCCCCCCC=CCCCCCCCCCCCCC(CCC)([P+](=O)[O-])[N+](C)(C)C. The van der Waals surface area contributed by atoms with E-state index in [2.05, 4.69) is 26.0 Å². The van der Waals surface area contributed by atoms with Crippen LogP contribution in [-0.4, -0.2) is 30.9 Å². The van der Waals surface area contributed by atoms with Crippen molar-refractivity contribution in [3.8, 4) is 0 Å². The van der Waals surface area contributed by atoms with Gasteiger partial charge in [0.25, 0.3) is 5.28 Å². The molecule has 0 aromatic rings. The van der Waals surface area contributed by atoms with Gasteiger partial charge in [-0.05, 0) is 38.5 Å². The highest BCUT2D eigenvalue weighted by Gasteiger charge is 2.53. The third-order valence-corrected chi connectivity index (χ3v) is 9.30. The molecule has 0 rings (SSSR count). The first kappa shape index (κ1) is 33.8. The van der Waals surface area contributed by atoms with Gasteiger partial charge in [0.1, 0.15) is 0 Å². The number of hydrogen-bond donors (Lipinski definition) is 0. The Morgan fingerprint density at radius 2 is 0.971 bits per heavy atom. The van der Waals surface area contributed by atoms with Crippen LogP contribution in [0.25, 0.3) is 0 Å². The quantitative estimate of drug-likeness (QED) is 0.0544. The van der Waals surface area contributed by atoms with Gasteiger partial charge in [0, 0.05) is 12.8 Å². The number of nitrogens with zero attached hydrogens (tertiary/aromatic N) is 1. The lowest BCUT2D eigenvalue weighted by molar-refractivity contribution is -0.910. The van der Waals surface area contributed by atoms with E-state index >= 15 is 0 Å². The molecule has 0 N–H and O–H groups in total. The minimum absolute atomic E-state index is 0.522. The van der Waals surface area contributed by atoms with Crippen LogP contribution in [-0.2, 0) is 4.57 Å². The molecular weight excluding hydrogens is 437 g/mol. The maximum Gasteiger partial charge on any atom is 0.376 e. The molecule has 0 heterocycles. The second-order valence-corrected chi connectivity index (χ2v) is 12.8. The first-order chi connectivity index (χ1) is 16.3. The molecule has 0 saturated heterocycles. The fourth-order valence-electron chi connectivity index (χ4n) is 5.16. The molecule has 0 aromatic heterocycles. The van der Waals surface area contributed by atoms with Crippen molar-refractivity contribution in [2.45, 2.75) is 160 Å². The average molecular weight is 499 g/mol. The molecule has 3 nitrogen and oxygen atoms in total. The summed E-state index contributed by atoms with van der Waals surface area (Å²) in [6.45, 7) is 4.38. The molecule has 0 aliphatic heterocycles. The summed E-state index contributed by atoms with van der Waals surface area (Å²) < 4.78 is 12.6. The Bertz CT molecular complexity index is 501. The Morgan fingerprint density at radius 1 is 0.588 bits per heavy atom. The summed E-state index contributed by atoms with van der Waals surface area (Å²) in [7, 11) is 3.69. The highest BCUT2D eigenvalue weighted by molar-refractivity contribution is 7.38. The molecule has 0 aliphatic carbocycles. The topological polar surface area (TPSA) is 40.1 Å². The summed E-state index contributed by atoms with van der Waals surface area (Å²) in [6.07, 6.45) is 32.6. The number of unbranched alkanes of at least 4 members (excludes halogenated alkanes) is 17. The summed E-state index contributed by atoms with van der Waals surface area (Å²) in [6, 6.07) is 0. The third kappa shape index (κ3) is 16.4. The van der Waals surface area contributed by atoms with E-state index in [4.69, 9.17) is 0 Å². The minimum atomic E-state index is -2.42. The van der Waals surface area contributed by atoms with Gasteiger partial charge < -0.3 is 4.89 Å². The van der Waals surface area contributed by atoms with E-state index in [9.17, 15) is 9.46 Å². The molecule has 0 fully saturated rings. The highest BCUT2D eigenvalue weighted by atomic mass is 31.1. The third-order valence-electron chi connectivity index (χ3n) is 7.58. The summed E-state index contributed by atoms with van der Waals surface area (Å²) in [5, 5.41) is -0.590. The molecular formula is C30H61NO2P+. The summed E-state index contributed by atoms with van der Waals surface area (Å²) in [4.78, 5) is 12.1. The zero-order valence-electron chi connectivity index (χ0n) is 23.9. The van der Waals surface area contributed by atoms with Gasteiger partial charge in [-0.1, -0.05) is 120 Å². The van der Waals surface area contributed by atoms with Crippen molar-refractivity contribution in [1.29, 1.82) is 0 Å². The molecule has 2 atom stereocenters. The largest absolute Gasteiger partial charge is 0.590 e. The van der Waals surface area contributed by atoms with Crippen LogP contribution in [0.1, 0.15) is 155 Å². The van der Waals surface area contributed by atoms with E-state index in [0.717, 1.165) is 25.7 Å². The Balaban J connectivity index is 3.56. The number of allylic oxidation sites excluding steroid dienone is 2. The van der Waals surface area contributed by atoms with E-state index in [-0.39, 0.29) is 0 Å². The molecule has 0 spiro atoms. The van der Waals surface area contributed by atoms with Gasteiger partial charge in [-0.15, -0.1) is 0 Å². The van der Waals surface area contributed by atoms with Gasteiger partial charge in [0.2, 0.25) is 0 Å². The van der Waals surface area contributed by atoms with Crippen molar-refractivity contribution in [1.82, 2.24) is 0 Å². The fourth-order valence-corrected chi connectivity index (χ4v) is 6.40. The van der Waals surface area contributed by atoms with Crippen molar-refractivity contribution in [3.63, 3.8) is 0 Å². The summed E-state index contributed by atoms with van der Waals surface area (Å²) in [5.41, 5.74) is 0. The lowest BCUT2D eigenvalue weighted by Gasteiger charge is -2.39. The predicted molar refractivity (Wildman–Crippen MR) is 150 cm³/mol. The molecule has 2 unspecified atom stereocenters. The molecule has 202 valence electrons. The van der Waals surface area contributed by atoms with Crippen LogP contribution in [0.2, 0.25) is 0 Å². The van der Waals surface area contributed by atoms with Crippen molar-refractivity contribution in [2.75, 3.05) is 21.1 Å². The van der Waals surface area contributed by atoms with Gasteiger partial charge in [-0.3, -0.25) is 4.48 Å². The van der Waals surface area contributed by atoms with E-state index in [1.165, 1.54) is 116 Å². The average Bonchev–Trinajstić information content (AvgIpc) is 2.78. The second-order valence-electron chi connectivity index (χ2n) is 11.5. The standard InChI is InChI=1S/C30H61NO2P/c1-6-8-9-10-11-12-13-14-15-16-17-18-19-20-21-22-23-24-25-26-27-29-30(28-7-2,34(32)33)31(3,4)5/h15-16H,6-14,17-29H2,1-5H3/q+1. The first-order valence-electron chi connectivity index (χ1n) is 14.9. The fraction of sp³-hybridized carbons (Fsp3) is 0.933. The number of rotatable bonds is 25. The Hall–Kier alpha value is -0.240. The van der Waals surface area contributed by atoms with Crippen LogP contribution >= 0.6 is 8.03 Å². The van der Waals surface area contributed by atoms with Crippen molar-refractivity contribution in [3.05, 3.63) is 12.2 Å². The van der Waals surface area contributed by atoms with E-state index in [1.54, 1.807) is 0 Å². The second kappa shape index (κ2) is 22.0. The van der Waals surface area contributed by atoms with Crippen molar-refractivity contribution in [2.24, 2.45) is 0 Å². The van der Waals surface area contributed by atoms with Gasteiger partial charge in [-0.25, -0.2) is 0 Å². The van der Waals surface area contributed by atoms with Crippen LogP contribution in [0.4, 0.5) is 0 Å². The maximum atomic E-state index is 12.1. The number of quaternary nitrogens is 1. The molecule has 0 bridgehead atoms. The van der Waals surface area contributed by atoms with Gasteiger partial charge in [-0.2, -0.15) is 0 Å². The monoisotopic (exact) mass is 498 g/mol. The minimum Gasteiger partial charge on any atom is -0.590 e. The molecule has 4 heteroatoms. The predicted octanol–water partition coefficient (Wildman–Crippen LogP) is 9.67. The van der Waals surface area contributed by atoms with Crippen molar-refractivity contribution < 1.29 is 13.9 Å². The molecule has 0 aromatic carbocycles. The van der Waals surface area contributed by atoms with E-state index in [1.807, 2.05) is 21.1 Å². The maximum absolute atomic E-state index is 12.1. The zero-order valence-corrected chi connectivity index (χ0v) is 24.8. The smallest absolute Gasteiger partial charge is 0.376 e. The highest BCUT2D eigenvalue weighted by Crippen LogP contribution is 2.45. The zero-order chi connectivity index (χ0) is 25.5. The number of hydrogen-bond acceptors (Lipinski definition) is 2. The molecule has 0 amide bonds. The lowest BCUT2D eigenvalue weighted by Crippen LogP contribution is -2.55. The Labute approximate surface area is 215 Å². The van der Waals surface area contributed by atoms with Crippen molar-refractivity contribution >= 4 is 8.03 Å². The molecule has 0 aliphatic rings. The lowest BCUT2D eigenvalue weighted by atomic mass is 9.99. The van der Waals surface area contributed by atoms with E-state index in [0.29, 0.717) is 4.48 Å². The molecule has 0 saturated carbocycles. The normalized spacial score (nSPS) is 14.6. The van der Waals surface area contributed by atoms with Gasteiger partial charge in [0.15, 0.2) is 0 Å². The van der Waals surface area contributed by atoms with Crippen LogP contribution in [0.5, 0.6) is 0 Å². The Kier molecular flexibility index (Phi) is 21.8. The summed E-state index contributed by atoms with van der Waals surface area (Å²) >= 11 is 0. The summed E-state index contributed by atoms with van der Waals surface area (Å²) in [5.74, 6) is 0. The van der Waals surface area contributed by atoms with Crippen LogP contribution in [0.15, 0.2) is 12.2 Å². The Morgan fingerprint density at radius 3 is 1.32 bits per heavy atom. The van der Waals surface area contributed by atoms with Crippen LogP contribution < -0.4 is 4.89 Å². The van der Waals surface area contributed by atoms with Gasteiger partial charge in [0.05, 0.1) is 21.1 Å².